The fourth-order valence-electron chi connectivity index (χ4n) is 5.34. The van der Waals surface area contributed by atoms with E-state index in [1.54, 1.807) is 0 Å². The molecule has 37 heavy (non-hydrogen) atoms. The van der Waals surface area contributed by atoms with Crippen LogP contribution in [0.25, 0.3) is 0 Å². The quantitative estimate of drug-likeness (QED) is 0.157. The molecule has 0 bridgehead atoms. The summed E-state index contributed by atoms with van der Waals surface area (Å²) in [4.78, 5) is 0. The Kier molecular flexibility index (Phi) is 16.1. The minimum atomic E-state index is 0.548. The van der Waals surface area contributed by atoms with E-state index in [0.29, 0.717) is 13.2 Å². The van der Waals surface area contributed by atoms with E-state index in [0.717, 1.165) is 50.0 Å². The zero-order valence-corrected chi connectivity index (χ0v) is 25.4. The number of hydrogen-bond acceptors (Lipinski definition) is 3. The van der Waals surface area contributed by atoms with Crippen molar-refractivity contribution >= 4 is 0 Å². The van der Waals surface area contributed by atoms with Crippen molar-refractivity contribution in [2.75, 3.05) is 0 Å². The number of furan rings is 2. The van der Waals surface area contributed by atoms with Crippen molar-refractivity contribution in [2.45, 2.75) is 170 Å². The molecule has 0 aliphatic rings. The van der Waals surface area contributed by atoms with E-state index in [-0.39, 0.29) is 0 Å². The standard InChI is InChI=1S/C34H58O3/c1-7-13-19-27-29(21-15-9-3)33(36-31(27)23-17-11-5)25-35-26-34-30(22-16-10-4)28(20-14-8-2)32(37-34)24-18-12-6/h7-26H2,1-6H3. The summed E-state index contributed by atoms with van der Waals surface area (Å²) in [7, 11) is 0. The highest BCUT2D eigenvalue weighted by Crippen LogP contribution is 2.31. The lowest BCUT2D eigenvalue weighted by Crippen LogP contribution is -2.01. The van der Waals surface area contributed by atoms with Gasteiger partial charge in [-0.3, -0.25) is 0 Å². The van der Waals surface area contributed by atoms with Crippen LogP contribution in [0.15, 0.2) is 8.83 Å². The summed E-state index contributed by atoms with van der Waals surface area (Å²) in [5, 5.41) is 0. The minimum Gasteiger partial charge on any atom is -0.463 e. The molecule has 2 heterocycles. The molecule has 0 radical (unpaired) electrons. The Morgan fingerprint density at radius 1 is 0.378 bits per heavy atom. The van der Waals surface area contributed by atoms with E-state index in [9.17, 15) is 0 Å². The summed E-state index contributed by atoms with van der Waals surface area (Å²) in [5.41, 5.74) is 5.87. The summed E-state index contributed by atoms with van der Waals surface area (Å²) in [6.45, 7) is 14.7. The van der Waals surface area contributed by atoms with E-state index >= 15 is 0 Å². The average Bonchev–Trinajstić information content (AvgIpc) is 3.41. The summed E-state index contributed by atoms with van der Waals surface area (Å²) in [5.74, 6) is 4.60. The topological polar surface area (TPSA) is 35.5 Å². The van der Waals surface area contributed by atoms with Crippen molar-refractivity contribution < 1.29 is 13.6 Å². The maximum Gasteiger partial charge on any atom is 0.133 e. The predicted octanol–water partition coefficient (Wildman–Crippen LogP) is 10.6. The van der Waals surface area contributed by atoms with Gasteiger partial charge in [0.1, 0.15) is 36.3 Å². The van der Waals surface area contributed by atoms with Gasteiger partial charge in [0.25, 0.3) is 0 Å². The third-order valence-electron chi connectivity index (χ3n) is 7.67. The first-order valence-electron chi connectivity index (χ1n) is 16.0. The highest BCUT2D eigenvalue weighted by molar-refractivity contribution is 5.36. The fraction of sp³-hybridized carbons (Fsp3) is 0.765. The number of aryl methyl sites for hydroxylation is 2. The van der Waals surface area contributed by atoms with Crippen molar-refractivity contribution in [1.82, 2.24) is 0 Å². The molecule has 0 fully saturated rings. The molecule has 0 unspecified atom stereocenters. The second-order valence-electron chi connectivity index (χ2n) is 10.9. The van der Waals surface area contributed by atoms with Gasteiger partial charge in [-0.05, 0) is 86.5 Å². The van der Waals surface area contributed by atoms with Crippen LogP contribution in [0.5, 0.6) is 0 Å². The Morgan fingerprint density at radius 3 is 0.946 bits per heavy atom. The third kappa shape index (κ3) is 9.97. The van der Waals surface area contributed by atoms with Crippen LogP contribution < -0.4 is 0 Å². The molecule has 0 saturated carbocycles. The van der Waals surface area contributed by atoms with Crippen molar-refractivity contribution in [3.05, 3.63) is 45.3 Å². The normalized spacial score (nSPS) is 11.6. The van der Waals surface area contributed by atoms with Gasteiger partial charge in [0.15, 0.2) is 0 Å². The molecule has 0 aliphatic heterocycles. The molecule has 0 atom stereocenters. The van der Waals surface area contributed by atoms with Crippen LogP contribution in [0, 0.1) is 0 Å². The van der Waals surface area contributed by atoms with E-state index in [4.69, 9.17) is 13.6 Å². The van der Waals surface area contributed by atoms with Gasteiger partial charge in [-0.2, -0.15) is 0 Å². The van der Waals surface area contributed by atoms with Crippen molar-refractivity contribution in [3.8, 4) is 0 Å². The van der Waals surface area contributed by atoms with Gasteiger partial charge in [-0.15, -0.1) is 0 Å². The predicted molar refractivity (Wildman–Crippen MR) is 158 cm³/mol. The highest BCUT2D eigenvalue weighted by atomic mass is 16.5. The highest BCUT2D eigenvalue weighted by Gasteiger charge is 2.22. The SMILES string of the molecule is CCCCc1oc(COCc2oc(CCCC)c(CCCC)c2CCCC)c(CCCC)c1CCCC. The number of hydrogen-bond donors (Lipinski definition) is 0. The largest absolute Gasteiger partial charge is 0.463 e. The first kappa shape index (κ1) is 31.7. The van der Waals surface area contributed by atoms with Crippen LogP contribution in [-0.2, 0) is 56.5 Å². The van der Waals surface area contributed by atoms with Crippen LogP contribution in [0.3, 0.4) is 0 Å². The Labute approximate surface area is 229 Å². The fourth-order valence-corrected chi connectivity index (χ4v) is 5.34. The van der Waals surface area contributed by atoms with Crippen LogP contribution in [0.2, 0.25) is 0 Å². The summed E-state index contributed by atoms with van der Waals surface area (Å²) in [6, 6.07) is 0. The first-order valence-corrected chi connectivity index (χ1v) is 16.0. The second kappa shape index (κ2) is 18.7. The van der Waals surface area contributed by atoms with Crippen molar-refractivity contribution in [3.63, 3.8) is 0 Å². The molecule has 0 spiro atoms. The van der Waals surface area contributed by atoms with Gasteiger partial charge in [0.2, 0.25) is 0 Å². The van der Waals surface area contributed by atoms with Gasteiger partial charge in [0, 0.05) is 12.8 Å². The molecule has 2 aromatic rings. The van der Waals surface area contributed by atoms with Crippen LogP contribution in [0.4, 0.5) is 0 Å². The molecule has 3 heteroatoms. The molecule has 2 rings (SSSR count). The molecule has 0 aromatic carbocycles. The lowest BCUT2D eigenvalue weighted by molar-refractivity contribution is 0.0775. The molecule has 3 nitrogen and oxygen atoms in total. The van der Waals surface area contributed by atoms with Crippen molar-refractivity contribution in [2.24, 2.45) is 0 Å². The summed E-state index contributed by atoms with van der Waals surface area (Å²) >= 11 is 0. The molecular weight excluding hydrogens is 456 g/mol. The average molecular weight is 515 g/mol. The van der Waals surface area contributed by atoms with Gasteiger partial charge >= 0.3 is 0 Å². The Bertz CT molecular complexity index is 787. The Balaban J connectivity index is 2.27. The van der Waals surface area contributed by atoms with Gasteiger partial charge in [0.05, 0.1) is 0 Å². The zero-order chi connectivity index (χ0) is 26.9. The van der Waals surface area contributed by atoms with Crippen LogP contribution >= 0.6 is 0 Å². The molecular formula is C34H58O3. The van der Waals surface area contributed by atoms with Gasteiger partial charge < -0.3 is 13.6 Å². The van der Waals surface area contributed by atoms with Gasteiger partial charge in [-0.1, -0.05) is 80.1 Å². The summed E-state index contributed by atoms with van der Waals surface area (Å²) in [6.07, 6.45) is 21.1. The van der Waals surface area contributed by atoms with Crippen LogP contribution in [0.1, 0.15) is 164 Å². The third-order valence-corrected chi connectivity index (χ3v) is 7.67. The molecule has 212 valence electrons. The van der Waals surface area contributed by atoms with E-state index in [2.05, 4.69) is 41.5 Å². The maximum atomic E-state index is 6.55. The second-order valence-corrected chi connectivity index (χ2v) is 10.9. The number of ether oxygens (including phenoxy) is 1. The number of unbranched alkanes of at least 4 members (excludes halogenated alkanes) is 6. The van der Waals surface area contributed by atoms with E-state index in [1.165, 1.54) is 111 Å². The van der Waals surface area contributed by atoms with E-state index < -0.39 is 0 Å². The zero-order valence-electron chi connectivity index (χ0n) is 25.4. The van der Waals surface area contributed by atoms with Gasteiger partial charge in [-0.25, -0.2) is 0 Å². The van der Waals surface area contributed by atoms with E-state index in [1.807, 2.05) is 0 Å². The monoisotopic (exact) mass is 514 g/mol. The maximum absolute atomic E-state index is 6.55. The molecule has 2 aromatic heterocycles. The van der Waals surface area contributed by atoms with Crippen molar-refractivity contribution in [1.29, 1.82) is 0 Å². The lowest BCUT2D eigenvalue weighted by Gasteiger charge is -2.08. The molecule has 0 saturated heterocycles. The Morgan fingerprint density at radius 2 is 0.649 bits per heavy atom. The van der Waals surface area contributed by atoms with Crippen LogP contribution in [-0.4, -0.2) is 0 Å². The smallest absolute Gasteiger partial charge is 0.133 e. The minimum absolute atomic E-state index is 0.548. The Hall–Kier alpha value is -1.48. The lowest BCUT2D eigenvalue weighted by atomic mass is 9.96. The first-order chi connectivity index (χ1) is 18.1. The number of rotatable bonds is 22. The summed E-state index contributed by atoms with van der Waals surface area (Å²) < 4.78 is 19.5. The molecule has 0 aliphatic carbocycles. The molecule has 0 amide bonds. The molecule has 0 N–H and O–H groups in total.